The molecule has 208 valence electrons. The molecule has 5 aromatic carbocycles. The summed E-state index contributed by atoms with van der Waals surface area (Å²) in [4.78, 5) is 4.91. The third-order valence-corrected chi connectivity index (χ3v) is 9.70. The van der Waals surface area contributed by atoms with E-state index >= 15 is 0 Å². The summed E-state index contributed by atoms with van der Waals surface area (Å²) in [6, 6.07) is 43.5. The first kappa shape index (κ1) is 26.2. The molecular formula is C39H37N3. The molecule has 3 heteroatoms. The average molecular weight is 548 g/mol. The van der Waals surface area contributed by atoms with Crippen LogP contribution >= 0.6 is 0 Å². The van der Waals surface area contributed by atoms with Gasteiger partial charge in [0.15, 0.2) is 0 Å². The van der Waals surface area contributed by atoms with Crippen molar-refractivity contribution in [2.45, 2.75) is 45.7 Å². The van der Waals surface area contributed by atoms with E-state index in [0.29, 0.717) is 0 Å². The van der Waals surface area contributed by atoms with Crippen molar-refractivity contribution in [1.29, 1.82) is 0 Å². The Morgan fingerprint density at radius 3 is 1.62 bits per heavy atom. The summed E-state index contributed by atoms with van der Waals surface area (Å²) >= 11 is 0. The lowest BCUT2D eigenvalue weighted by Crippen LogP contribution is -2.54. The second-order valence-electron chi connectivity index (χ2n) is 12.4. The van der Waals surface area contributed by atoms with Crippen LogP contribution in [0, 0.1) is 6.92 Å². The van der Waals surface area contributed by atoms with Gasteiger partial charge in [-0.05, 0) is 76.1 Å². The molecule has 0 N–H and O–H groups in total. The molecule has 0 bridgehead atoms. The van der Waals surface area contributed by atoms with E-state index in [9.17, 15) is 0 Å². The van der Waals surface area contributed by atoms with Crippen LogP contribution in [0.4, 0.5) is 11.4 Å². The third-order valence-electron chi connectivity index (χ3n) is 9.70. The second kappa shape index (κ2) is 9.39. The van der Waals surface area contributed by atoms with Crippen molar-refractivity contribution in [3.8, 4) is 16.8 Å². The van der Waals surface area contributed by atoms with Gasteiger partial charge in [0.2, 0.25) is 0 Å². The average Bonchev–Trinajstić information content (AvgIpc) is 3.39. The Kier molecular flexibility index (Phi) is 5.85. The molecule has 1 aromatic heterocycles. The van der Waals surface area contributed by atoms with E-state index in [2.05, 4.69) is 170 Å². The van der Waals surface area contributed by atoms with E-state index in [-0.39, 0.29) is 11.1 Å². The summed E-state index contributed by atoms with van der Waals surface area (Å²) in [6.07, 6.45) is 0. The van der Waals surface area contributed by atoms with E-state index in [4.69, 9.17) is 6.58 Å². The number of aromatic nitrogens is 1. The largest absolute Gasteiger partial charge is 0.320 e. The van der Waals surface area contributed by atoms with Crippen LogP contribution in [0.3, 0.4) is 0 Å². The molecule has 1 aliphatic heterocycles. The highest BCUT2D eigenvalue weighted by atomic mass is 15.5. The highest BCUT2D eigenvalue weighted by molar-refractivity contribution is 6.09. The van der Waals surface area contributed by atoms with E-state index in [1.165, 1.54) is 55.6 Å². The maximum absolute atomic E-state index is 4.77. The predicted molar refractivity (Wildman–Crippen MR) is 180 cm³/mol. The smallest absolute Gasteiger partial charge is 0.107 e. The number of benzene rings is 5. The second-order valence-corrected chi connectivity index (χ2v) is 12.4. The number of para-hydroxylation sites is 3. The fourth-order valence-corrected chi connectivity index (χ4v) is 6.98. The SMILES string of the molecule is C=C1N(c2ccccc2-c2ccccc2)C(C)(C)C(C)(C)N1c1cccc(-n2c3ccccc3c3ccccc32)c1C. The van der Waals surface area contributed by atoms with Crippen molar-refractivity contribution in [3.63, 3.8) is 0 Å². The summed E-state index contributed by atoms with van der Waals surface area (Å²) < 4.78 is 2.42. The summed E-state index contributed by atoms with van der Waals surface area (Å²) in [7, 11) is 0. The molecule has 0 spiro atoms. The number of fused-ring (bicyclic) bond motifs is 3. The maximum Gasteiger partial charge on any atom is 0.107 e. The van der Waals surface area contributed by atoms with Crippen molar-refractivity contribution in [1.82, 2.24) is 4.57 Å². The summed E-state index contributed by atoms with van der Waals surface area (Å²) in [5.41, 5.74) is 9.10. The van der Waals surface area contributed by atoms with Crippen LogP contribution in [0.15, 0.2) is 134 Å². The zero-order chi connectivity index (χ0) is 29.2. The topological polar surface area (TPSA) is 11.4 Å². The molecule has 0 aliphatic carbocycles. The Balaban J connectivity index is 1.41. The third kappa shape index (κ3) is 3.59. The molecule has 42 heavy (non-hydrogen) atoms. The lowest BCUT2D eigenvalue weighted by molar-refractivity contribution is 0.345. The van der Waals surface area contributed by atoms with Gasteiger partial charge in [0.25, 0.3) is 0 Å². The van der Waals surface area contributed by atoms with Crippen molar-refractivity contribution >= 4 is 33.2 Å². The van der Waals surface area contributed by atoms with Crippen LogP contribution < -0.4 is 9.80 Å². The number of nitrogens with zero attached hydrogens (tertiary/aromatic N) is 3. The van der Waals surface area contributed by atoms with Crippen LogP contribution in [0.1, 0.15) is 33.3 Å². The van der Waals surface area contributed by atoms with Crippen LogP contribution in [0.25, 0.3) is 38.6 Å². The predicted octanol–water partition coefficient (Wildman–Crippen LogP) is 10.1. The van der Waals surface area contributed by atoms with Gasteiger partial charge in [0.05, 0.1) is 33.5 Å². The molecule has 7 rings (SSSR count). The first-order chi connectivity index (χ1) is 20.2. The molecule has 0 unspecified atom stereocenters. The Morgan fingerprint density at radius 2 is 0.976 bits per heavy atom. The Morgan fingerprint density at radius 1 is 0.500 bits per heavy atom. The summed E-state index contributed by atoms with van der Waals surface area (Å²) in [5, 5.41) is 2.54. The minimum Gasteiger partial charge on any atom is -0.320 e. The van der Waals surface area contributed by atoms with Gasteiger partial charge in [-0.25, -0.2) is 0 Å². The van der Waals surface area contributed by atoms with Crippen molar-refractivity contribution in [2.24, 2.45) is 0 Å². The standard InChI is InChI=1S/C39H37N3/c1-27-33(40-35-22-13-11-20-31(35)32-21-12-14-23-36(32)40)25-16-26-34(27)41-28(2)42(39(5,6)38(41,3)4)37-24-15-10-19-30(37)29-17-8-7-9-18-29/h7-26H,2H2,1,3-6H3. The van der Waals surface area contributed by atoms with Crippen molar-refractivity contribution < 1.29 is 0 Å². The highest BCUT2D eigenvalue weighted by Gasteiger charge is 2.55. The van der Waals surface area contributed by atoms with Gasteiger partial charge >= 0.3 is 0 Å². The Bertz CT molecular complexity index is 1920. The minimum atomic E-state index is -0.266. The molecule has 1 aliphatic rings. The molecule has 1 fully saturated rings. The van der Waals surface area contributed by atoms with Crippen LogP contribution in [-0.2, 0) is 0 Å². The highest BCUT2D eigenvalue weighted by Crippen LogP contribution is 2.52. The van der Waals surface area contributed by atoms with E-state index < -0.39 is 0 Å². The maximum atomic E-state index is 4.77. The molecule has 3 nitrogen and oxygen atoms in total. The van der Waals surface area contributed by atoms with Gasteiger partial charge in [0, 0.05) is 22.0 Å². The van der Waals surface area contributed by atoms with Crippen LogP contribution in [-0.4, -0.2) is 15.6 Å². The number of hydrogen-bond acceptors (Lipinski definition) is 2. The zero-order valence-electron chi connectivity index (χ0n) is 25.1. The molecular weight excluding hydrogens is 510 g/mol. The Labute approximate surface area is 248 Å². The van der Waals surface area contributed by atoms with Gasteiger partial charge in [-0.3, -0.25) is 0 Å². The minimum absolute atomic E-state index is 0.260. The van der Waals surface area contributed by atoms with E-state index in [1.807, 2.05) is 0 Å². The molecule has 0 atom stereocenters. The fraction of sp³-hybridized carbons (Fsp3) is 0.179. The Hall–Kier alpha value is -4.76. The molecule has 2 heterocycles. The summed E-state index contributed by atoms with van der Waals surface area (Å²) in [5.74, 6) is 0.982. The lowest BCUT2D eigenvalue weighted by Gasteiger charge is -2.43. The summed E-state index contributed by atoms with van der Waals surface area (Å²) in [6.45, 7) is 16.4. The molecule has 0 radical (unpaired) electrons. The normalized spacial score (nSPS) is 16.1. The van der Waals surface area contributed by atoms with Gasteiger partial charge in [-0.2, -0.15) is 0 Å². The number of hydrogen-bond donors (Lipinski definition) is 0. The van der Waals surface area contributed by atoms with Gasteiger partial charge in [-0.15, -0.1) is 0 Å². The van der Waals surface area contributed by atoms with E-state index in [0.717, 1.165) is 5.82 Å². The lowest BCUT2D eigenvalue weighted by atomic mass is 9.81. The molecule has 0 amide bonds. The first-order valence-electron chi connectivity index (χ1n) is 14.8. The van der Waals surface area contributed by atoms with Gasteiger partial charge in [0.1, 0.15) is 5.82 Å². The quantitative estimate of drug-likeness (QED) is 0.217. The van der Waals surface area contributed by atoms with E-state index in [1.54, 1.807) is 0 Å². The number of rotatable bonds is 4. The van der Waals surface area contributed by atoms with Gasteiger partial charge in [-0.1, -0.05) is 97.6 Å². The van der Waals surface area contributed by atoms with Crippen LogP contribution in [0.5, 0.6) is 0 Å². The molecule has 6 aromatic rings. The molecule has 1 saturated heterocycles. The zero-order valence-corrected chi connectivity index (χ0v) is 25.1. The fourth-order valence-electron chi connectivity index (χ4n) is 6.98. The first-order valence-corrected chi connectivity index (χ1v) is 14.8. The monoisotopic (exact) mass is 547 g/mol. The van der Waals surface area contributed by atoms with Crippen LogP contribution in [0.2, 0.25) is 0 Å². The number of anilines is 2. The van der Waals surface area contributed by atoms with Gasteiger partial charge < -0.3 is 14.4 Å². The van der Waals surface area contributed by atoms with Crippen molar-refractivity contribution in [3.05, 3.63) is 139 Å². The molecule has 0 saturated carbocycles. The van der Waals surface area contributed by atoms with Crippen molar-refractivity contribution in [2.75, 3.05) is 9.80 Å².